The Labute approximate surface area is 161 Å². The summed E-state index contributed by atoms with van der Waals surface area (Å²) in [6.45, 7) is 3.19. The van der Waals surface area contributed by atoms with E-state index in [1.54, 1.807) is 18.4 Å². The Morgan fingerprint density at radius 2 is 2.04 bits per heavy atom. The van der Waals surface area contributed by atoms with Crippen molar-refractivity contribution < 1.29 is 9.47 Å². The van der Waals surface area contributed by atoms with Crippen LogP contribution in [0.25, 0.3) is 0 Å². The van der Waals surface area contributed by atoms with Crippen LogP contribution in [0.1, 0.15) is 48.4 Å². The zero-order valence-corrected chi connectivity index (χ0v) is 16.1. The first-order valence-electron chi connectivity index (χ1n) is 8.94. The highest BCUT2D eigenvalue weighted by Gasteiger charge is 2.29. The molecule has 1 unspecified atom stereocenters. The molecule has 1 atom stereocenters. The third kappa shape index (κ3) is 4.42. The van der Waals surface area contributed by atoms with Crippen LogP contribution in [0.5, 0.6) is 11.5 Å². The van der Waals surface area contributed by atoms with Crippen molar-refractivity contribution in [2.45, 2.75) is 45.0 Å². The van der Waals surface area contributed by atoms with Gasteiger partial charge in [0.25, 0.3) is 0 Å². The third-order valence-electron chi connectivity index (χ3n) is 4.41. The molecule has 3 aromatic rings. The third-order valence-corrected chi connectivity index (χ3v) is 5.28. The van der Waals surface area contributed by atoms with E-state index in [0.717, 1.165) is 40.9 Å². The molecule has 1 aliphatic carbocycles. The zero-order valence-electron chi connectivity index (χ0n) is 15.3. The molecule has 2 heterocycles. The van der Waals surface area contributed by atoms with Gasteiger partial charge in [-0.2, -0.15) is 0 Å². The molecule has 1 saturated carbocycles. The molecule has 0 saturated heterocycles. The van der Waals surface area contributed by atoms with E-state index in [9.17, 15) is 0 Å². The minimum absolute atomic E-state index is 0.0706. The highest BCUT2D eigenvalue weighted by atomic mass is 32.1. The maximum atomic E-state index is 5.78. The van der Waals surface area contributed by atoms with Gasteiger partial charge in [0, 0.05) is 11.9 Å². The maximum absolute atomic E-state index is 5.78. The van der Waals surface area contributed by atoms with Crippen molar-refractivity contribution in [3.05, 3.63) is 46.2 Å². The number of methoxy groups -OCH3 is 1. The molecule has 142 valence electrons. The van der Waals surface area contributed by atoms with Crippen molar-refractivity contribution in [3.63, 3.8) is 0 Å². The van der Waals surface area contributed by atoms with Gasteiger partial charge in [-0.15, -0.1) is 16.4 Å². The van der Waals surface area contributed by atoms with Gasteiger partial charge in [0.2, 0.25) is 0 Å². The van der Waals surface area contributed by atoms with Crippen LogP contribution < -0.4 is 14.8 Å². The summed E-state index contributed by atoms with van der Waals surface area (Å²) in [4.78, 5) is 4.63. The van der Waals surface area contributed by atoms with Crippen molar-refractivity contribution >= 4 is 11.3 Å². The second-order valence-corrected chi connectivity index (χ2v) is 7.45. The molecular formula is C18H22N6O2S. The van der Waals surface area contributed by atoms with Crippen LogP contribution in [-0.4, -0.2) is 32.3 Å². The number of hydrogen-bond donors (Lipinski definition) is 1. The van der Waals surface area contributed by atoms with Gasteiger partial charge in [0.05, 0.1) is 24.9 Å². The van der Waals surface area contributed by atoms with Gasteiger partial charge < -0.3 is 14.8 Å². The van der Waals surface area contributed by atoms with Gasteiger partial charge in [-0.1, -0.05) is 0 Å². The van der Waals surface area contributed by atoms with Gasteiger partial charge in [0.15, 0.2) is 5.82 Å². The normalized spacial score (nSPS) is 14.9. The Balaban J connectivity index is 1.28. The number of nitrogens with zero attached hydrogens (tertiary/aromatic N) is 5. The average Bonchev–Trinajstić information content (AvgIpc) is 3.25. The van der Waals surface area contributed by atoms with Crippen molar-refractivity contribution in [1.82, 2.24) is 30.5 Å². The lowest BCUT2D eigenvalue weighted by Crippen LogP contribution is -2.22. The molecule has 9 heteroatoms. The van der Waals surface area contributed by atoms with E-state index < -0.39 is 0 Å². The number of aromatic nitrogens is 5. The fraction of sp³-hybridized carbons (Fsp3) is 0.444. The van der Waals surface area contributed by atoms with Crippen molar-refractivity contribution in [3.8, 4) is 11.5 Å². The Kier molecular flexibility index (Phi) is 5.30. The minimum Gasteiger partial charge on any atom is -0.497 e. The molecular weight excluding hydrogens is 364 g/mol. The number of tetrazole rings is 1. The van der Waals surface area contributed by atoms with E-state index in [2.05, 4.69) is 38.1 Å². The smallest absolute Gasteiger partial charge is 0.168 e. The van der Waals surface area contributed by atoms with E-state index in [1.807, 2.05) is 28.9 Å². The van der Waals surface area contributed by atoms with Crippen LogP contribution in [-0.2, 0) is 13.2 Å². The van der Waals surface area contributed by atoms with Crippen LogP contribution >= 0.6 is 11.3 Å². The van der Waals surface area contributed by atoms with E-state index in [0.29, 0.717) is 19.2 Å². The van der Waals surface area contributed by atoms with Gasteiger partial charge >= 0.3 is 0 Å². The summed E-state index contributed by atoms with van der Waals surface area (Å²) in [6.07, 6.45) is 2.32. The number of hydrogen-bond acceptors (Lipinski definition) is 8. The summed E-state index contributed by atoms with van der Waals surface area (Å²) in [5.41, 5.74) is 0.991. The summed E-state index contributed by atoms with van der Waals surface area (Å²) in [6, 6.07) is 8.08. The predicted octanol–water partition coefficient (Wildman–Crippen LogP) is 2.90. The lowest BCUT2D eigenvalue weighted by molar-refractivity contribution is 0.304. The summed E-state index contributed by atoms with van der Waals surface area (Å²) in [5, 5.41) is 18.5. The lowest BCUT2D eigenvalue weighted by atomic mass is 10.3. The molecule has 0 aliphatic heterocycles. The summed E-state index contributed by atoms with van der Waals surface area (Å²) >= 11 is 1.60. The largest absolute Gasteiger partial charge is 0.497 e. The predicted molar refractivity (Wildman–Crippen MR) is 101 cm³/mol. The molecule has 4 rings (SSSR count). The second-order valence-electron chi connectivity index (χ2n) is 6.51. The van der Waals surface area contributed by atoms with Gasteiger partial charge in [-0.3, -0.25) is 0 Å². The zero-order chi connectivity index (χ0) is 18.6. The highest BCUT2D eigenvalue weighted by Crippen LogP contribution is 2.35. The second kappa shape index (κ2) is 8.01. The first-order chi connectivity index (χ1) is 13.2. The highest BCUT2D eigenvalue weighted by molar-refractivity contribution is 7.09. The monoisotopic (exact) mass is 386 g/mol. The molecule has 1 N–H and O–H groups in total. The van der Waals surface area contributed by atoms with Gasteiger partial charge in [-0.05, 0) is 54.5 Å². The van der Waals surface area contributed by atoms with E-state index >= 15 is 0 Å². The molecule has 2 aromatic heterocycles. The van der Waals surface area contributed by atoms with E-state index in [1.165, 1.54) is 0 Å². The van der Waals surface area contributed by atoms with E-state index in [4.69, 9.17) is 9.47 Å². The summed E-state index contributed by atoms with van der Waals surface area (Å²) in [7, 11) is 1.65. The Hall–Kier alpha value is -2.52. The van der Waals surface area contributed by atoms with Gasteiger partial charge in [-0.25, -0.2) is 9.67 Å². The van der Waals surface area contributed by atoms with E-state index in [-0.39, 0.29) is 6.04 Å². The first kappa shape index (κ1) is 17.9. The SMILES string of the molecule is COc1ccc(OCc2nc(CNC(C)c3nnnn3C3CC3)cs2)cc1. The first-order valence-corrected chi connectivity index (χ1v) is 9.82. The van der Waals surface area contributed by atoms with Crippen molar-refractivity contribution in [2.75, 3.05) is 7.11 Å². The van der Waals surface area contributed by atoms with Crippen molar-refractivity contribution in [2.24, 2.45) is 0 Å². The fourth-order valence-corrected chi connectivity index (χ4v) is 3.43. The Morgan fingerprint density at radius 1 is 1.26 bits per heavy atom. The topological polar surface area (TPSA) is 87.0 Å². The number of thiazole rings is 1. The molecule has 1 aromatic carbocycles. The fourth-order valence-electron chi connectivity index (χ4n) is 2.73. The molecule has 27 heavy (non-hydrogen) atoms. The molecule has 1 fully saturated rings. The number of nitrogens with one attached hydrogen (secondary N) is 1. The summed E-state index contributed by atoms with van der Waals surface area (Å²) in [5.74, 6) is 2.49. The molecule has 0 spiro atoms. The average molecular weight is 386 g/mol. The van der Waals surface area contributed by atoms with Crippen molar-refractivity contribution in [1.29, 1.82) is 0 Å². The quantitative estimate of drug-likeness (QED) is 0.605. The number of ether oxygens (including phenoxy) is 2. The molecule has 0 bridgehead atoms. The maximum Gasteiger partial charge on any atom is 0.168 e. The van der Waals surface area contributed by atoms with Crippen LogP contribution in [0, 0.1) is 0 Å². The van der Waals surface area contributed by atoms with Crippen LogP contribution in [0.3, 0.4) is 0 Å². The molecule has 8 nitrogen and oxygen atoms in total. The molecule has 1 aliphatic rings. The van der Waals surface area contributed by atoms with Gasteiger partial charge in [0.1, 0.15) is 23.1 Å². The number of rotatable bonds is 9. The Bertz CT molecular complexity index is 874. The van der Waals surface area contributed by atoms with Crippen LogP contribution in [0.4, 0.5) is 0 Å². The standard InChI is InChI=1S/C18H22N6O2S/c1-12(18-21-22-23-24(18)14-3-4-14)19-9-13-11-27-17(20-13)10-26-16-7-5-15(25-2)6-8-16/h5-8,11-12,14,19H,3-4,9-10H2,1-2H3. The molecule has 0 radical (unpaired) electrons. The number of benzene rings is 1. The minimum atomic E-state index is 0.0706. The van der Waals surface area contributed by atoms with Crippen LogP contribution in [0.2, 0.25) is 0 Å². The van der Waals surface area contributed by atoms with Crippen LogP contribution in [0.15, 0.2) is 29.6 Å². The molecule has 0 amide bonds. The Morgan fingerprint density at radius 3 is 2.78 bits per heavy atom. The lowest BCUT2D eigenvalue weighted by Gasteiger charge is -2.12. The summed E-state index contributed by atoms with van der Waals surface area (Å²) < 4.78 is 12.9.